The van der Waals surface area contributed by atoms with Crippen LogP contribution >= 0.6 is 15.9 Å². The van der Waals surface area contributed by atoms with Gasteiger partial charge in [0, 0.05) is 5.56 Å². The molecule has 0 aromatic heterocycles. The van der Waals surface area contributed by atoms with Gasteiger partial charge in [0.2, 0.25) is 0 Å². The third-order valence-corrected chi connectivity index (χ3v) is 3.52. The molecule has 1 aromatic carbocycles. The molecular formula is C15H23BrNO3+. The first-order valence-corrected chi connectivity index (χ1v) is 7.28. The molecule has 0 spiro atoms. The Bertz CT molecular complexity index is 461. The van der Waals surface area contributed by atoms with Crippen LogP contribution in [0.4, 0.5) is 0 Å². The number of methoxy groups -OCH3 is 1. The third kappa shape index (κ3) is 4.81. The zero-order chi connectivity index (χ0) is 15.2. The normalized spacial score (nSPS) is 11.2. The molecule has 0 saturated heterocycles. The molecule has 0 saturated carbocycles. The van der Waals surface area contributed by atoms with E-state index in [1.165, 1.54) is 0 Å². The lowest BCUT2D eigenvalue weighted by Gasteiger charge is -2.20. The van der Waals surface area contributed by atoms with E-state index in [1.807, 2.05) is 26.0 Å². The number of aliphatic hydroxyl groups excluding tert-OH is 1. The predicted octanol–water partition coefficient (Wildman–Crippen LogP) is 1.86. The van der Waals surface area contributed by atoms with Crippen LogP contribution < -0.4 is 14.8 Å². The topological polar surface area (TPSA) is 55.3 Å². The fraction of sp³-hybridized carbons (Fsp3) is 0.467. The van der Waals surface area contributed by atoms with Gasteiger partial charge in [-0.3, -0.25) is 0 Å². The molecule has 5 heteroatoms. The second kappa shape index (κ2) is 7.67. The summed E-state index contributed by atoms with van der Waals surface area (Å²) in [5.74, 6) is 1.36. The first-order chi connectivity index (χ1) is 9.43. The number of rotatable bonds is 8. The molecule has 0 radical (unpaired) electrons. The van der Waals surface area contributed by atoms with E-state index in [2.05, 4.69) is 27.8 Å². The van der Waals surface area contributed by atoms with Gasteiger partial charge in [0.05, 0.1) is 18.2 Å². The van der Waals surface area contributed by atoms with E-state index in [0.29, 0.717) is 18.1 Å². The minimum atomic E-state index is -0.197. The zero-order valence-corrected chi connectivity index (χ0v) is 13.9. The lowest BCUT2D eigenvalue weighted by atomic mass is 10.1. The van der Waals surface area contributed by atoms with Crippen LogP contribution in [0.15, 0.2) is 29.3 Å². The van der Waals surface area contributed by atoms with Crippen LogP contribution in [0.1, 0.15) is 19.4 Å². The van der Waals surface area contributed by atoms with Crippen molar-refractivity contribution in [2.24, 2.45) is 0 Å². The van der Waals surface area contributed by atoms with Crippen LogP contribution in [0.25, 0.3) is 0 Å². The lowest BCUT2D eigenvalue weighted by molar-refractivity contribution is -0.736. The third-order valence-electron chi connectivity index (χ3n) is 2.93. The van der Waals surface area contributed by atoms with Crippen molar-refractivity contribution in [3.8, 4) is 11.5 Å². The highest BCUT2D eigenvalue weighted by Gasteiger charge is 2.20. The van der Waals surface area contributed by atoms with Crippen LogP contribution in [-0.2, 0) is 6.54 Å². The Kier molecular flexibility index (Phi) is 6.52. The average Bonchev–Trinajstić information content (AvgIpc) is 2.43. The molecule has 4 nitrogen and oxygen atoms in total. The molecule has 1 aromatic rings. The summed E-state index contributed by atoms with van der Waals surface area (Å²) < 4.78 is 11.8. The van der Waals surface area contributed by atoms with Gasteiger partial charge in [0.1, 0.15) is 18.7 Å². The van der Waals surface area contributed by atoms with Gasteiger partial charge in [0.25, 0.3) is 0 Å². The summed E-state index contributed by atoms with van der Waals surface area (Å²) in [6.45, 7) is 8.95. The van der Waals surface area contributed by atoms with E-state index in [0.717, 1.165) is 16.6 Å². The predicted molar refractivity (Wildman–Crippen MR) is 83.2 cm³/mol. The molecule has 20 heavy (non-hydrogen) atoms. The maximum absolute atomic E-state index is 9.27. The van der Waals surface area contributed by atoms with Gasteiger partial charge >= 0.3 is 0 Å². The zero-order valence-electron chi connectivity index (χ0n) is 12.3. The highest BCUT2D eigenvalue weighted by Crippen LogP contribution is 2.36. The molecule has 0 aliphatic carbocycles. The van der Waals surface area contributed by atoms with Crippen molar-refractivity contribution in [3.05, 3.63) is 34.8 Å². The van der Waals surface area contributed by atoms with Gasteiger partial charge in [-0.1, -0.05) is 12.7 Å². The monoisotopic (exact) mass is 344 g/mol. The average molecular weight is 345 g/mol. The molecule has 0 unspecified atom stereocenters. The molecule has 0 aliphatic heterocycles. The van der Waals surface area contributed by atoms with Gasteiger partial charge in [-0.05, 0) is 41.9 Å². The molecule has 3 N–H and O–H groups in total. The number of hydrogen-bond acceptors (Lipinski definition) is 3. The smallest absolute Gasteiger partial charge is 0.175 e. The summed E-state index contributed by atoms with van der Waals surface area (Å²) >= 11 is 3.50. The van der Waals surface area contributed by atoms with Gasteiger partial charge in [-0.2, -0.15) is 0 Å². The molecule has 0 atom stereocenters. The largest absolute Gasteiger partial charge is 0.493 e. The van der Waals surface area contributed by atoms with E-state index < -0.39 is 0 Å². The lowest BCUT2D eigenvalue weighted by Crippen LogP contribution is -2.95. The minimum Gasteiger partial charge on any atom is -0.493 e. The number of halogens is 1. The first kappa shape index (κ1) is 17.0. The molecule has 0 amide bonds. The highest BCUT2D eigenvalue weighted by molar-refractivity contribution is 9.10. The van der Waals surface area contributed by atoms with Crippen LogP contribution in [0.2, 0.25) is 0 Å². The van der Waals surface area contributed by atoms with Crippen LogP contribution in [0, 0.1) is 0 Å². The molecule has 112 valence electrons. The van der Waals surface area contributed by atoms with E-state index in [4.69, 9.17) is 9.47 Å². The summed E-state index contributed by atoms with van der Waals surface area (Å²) in [7, 11) is 1.62. The molecular weight excluding hydrogens is 322 g/mol. The van der Waals surface area contributed by atoms with Crippen molar-refractivity contribution < 1.29 is 19.9 Å². The summed E-state index contributed by atoms with van der Waals surface area (Å²) in [6, 6.07) is 3.96. The Labute approximate surface area is 128 Å². The van der Waals surface area contributed by atoms with Crippen LogP contribution in [0.5, 0.6) is 11.5 Å². The van der Waals surface area contributed by atoms with Crippen molar-refractivity contribution in [1.82, 2.24) is 0 Å². The van der Waals surface area contributed by atoms with E-state index in [1.54, 1.807) is 13.2 Å². The van der Waals surface area contributed by atoms with Crippen molar-refractivity contribution in [2.75, 3.05) is 20.3 Å². The Hall–Kier alpha value is -1.04. The summed E-state index contributed by atoms with van der Waals surface area (Å²) in [4.78, 5) is 0. The fourth-order valence-electron chi connectivity index (χ4n) is 1.63. The van der Waals surface area contributed by atoms with Gasteiger partial charge in [-0.15, -0.1) is 0 Å². The standard InChI is InChI=1S/C15H22BrNO3/c1-5-6-20-14-12(16)7-11(8-13(14)19-4)9-17-15(2,3)10-18/h5,7-8,17-18H,1,6,9-10H2,2-4H3/p+1. The molecule has 0 fully saturated rings. The quantitative estimate of drug-likeness (QED) is 0.707. The van der Waals surface area contributed by atoms with Crippen molar-refractivity contribution >= 4 is 15.9 Å². The highest BCUT2D eigenvalue weighted by atomic mass is 79.9. The number of nitrogens with two attached hydrogens (primary N) is 1. The summed E-state index contributed by atoms with van der Waals surface area (Å²) in [5.41, 5.74) is 0.902. The maximum Gasteiger partial charge on any atom is 0.175 e. The van der Waals surface area contributed by atoms with E-state index in [9.17, 15) is 5.11 Å². The van der Waals surface area contributed by atoms with E-state index >= 15 is 0 Å². The number of benzene rings is 1. The second-order valence-corrected chi connectivity index (χ2v) is 6.12. The summed E-state index contributed by atoms with van der Waals surface area (Å²) in [6.07, 6.45) is 1.69. The number of hydrogen-bond donors (Lipinski definition) is 2. The Morgan fingerprint density at radius 2 is 2.15 bits per heavy atom. The van der Waals surface area contributed by atoms with Crippen LogP contribution in [0.3, 0.4) is 0 Å². The van der Waals surface area contributed by atoms with Crippen LogP contribution in [-0.4, -0.2) is 31.0 Å². The number of aliphatic hydroxyl groups is 1. The second-order valence-electron chi connectivity index (χ2n) is 5.26. The SMILES string of the molecule is C=CCOc1c(Br)cc(C[NH2+]C(C)(C)CO)cc1OC. The van der Waals surface area contributed by atoms with Gasteiger partial charge in [0.15, 0.2) is 11.5 Å². The number of quaternary nitrogens is 1. The van der Waals surface area contributed by atoms with Crippen molar-refractivity contribution in [1.29, 1.82) is 0 Å². The van der Waals surface area contributed by atoms with Crippen molar-refractivity contribution in [3.63, 3.8) is 0 Å². The molecule has 0 heterocycles. The maximum atomic E-state index is 9.27. The molecule has 0 aliphatic rings. The fourth-order valence-corrected chi connectivity index (χ4v) is 2.24. The Morgan fingerprint density at radius 1 is 1.45 bits per heavy atom. The van der Waals surface area contributed by atoms with Gasteiger partial charge in [-0.25, -0.2) is 0 Å². The Balaban J connectivity index is 2.90. The molecule has 1 rings (SSSR count). The molecule has 0 bridgehead atoms. The van der Waals surface area contributed by atoms with Crippen molar-refractivity contribution in [2.45, 2.75) is 25.9 Å². The van der Waals surface area contributed by atoms with Gasteiger partial charge < -0.3 is 19.9 Å². The Morgan fingerprint density at radius 3 is 2.70 bits per heavy atom. The summed E-state index contributed by atoms with van der Waals surface area (Å²) in [5, 5.41) is 11.4. The van der Waals surface area contributed by atoms with E-state index in [-0.39, 0.29) is 12.1 Å². The number of ether oxygens (including phenoxy) is 2. The minimum absolute atomic E-state index is 0.131. The first-order valence-electron chi connectivity index (χ1n) is 6.49.